The van der Waals surface area contributed by atoms with Crippen LogP contribution in [0.1, 0.15) is 11.1 Å². The van der Waals surface area contributed by atoms with Gasteiger partial charge in [0.2, 0.25) is 17.8 Å². The summed E-state index contributed by atoms with van der Waals surface area (Å²) in [6.07, 6.45) is 1.66. The molecule has 0 atom stereocenters. The summed E-state index contributed by atoms with van der Waals surface area (Å²) >= 11 is 15.8. The summed E-state index contributed by atoms with van der Waals surface area (Å²) in [5, 5.41) is 8.77. The van der Waals surface area contributed by atoms with Crippen LogP contribution in [-0.4, -0.2) is 47.5 Å². The number of hydrogen-bond acceptors (Lipinski definition) is 8. The van der Waals surface area contributed by atoms with Crippen molar-refractivity contribution in [1.29, 1.82) is 0 Å². The normalized spacial score (nSPS) is 14.1. The van der Waals surface area contributed by atoms with Gasteiger partial charge in [0, 0.05) is 27.6 Å². The van der Waals surface area contributed by atoms with Crippen molar-refractivity contribution in [3.05, 3.63) is 62.0 Å². The minimum Gasteiger partial charge on any atom is -0.378 e. The Bertz CT molecular complexity index is 1120. The van der Waals surface area contributed by atoms with E-state index in [0.29, 0.717) is 54.2 Å². The quantitative estimate of drug-likeness (QED) is 0.327. The number of morpholine rings is 1. The molecule has 3 aromatic rings. The first kappa shape index (κ1) is 22.7. The number of hydrazone groups is 1. The van der Waals surface area contributed by atoms with Crippen LogP contribution in [-0.2, 0) is 4.74 Å². The molecule has 1 aliphatic rings. The Hall–Kier alpha value is -2.46. The van der Waals surface area contributed by atoms with Gasteiger partial charge in [-0.3, -0.25) is 0 Å². The number of benzene rings is 2. The van der Waals surface area contributed by atoms with Crippen molar-refractivity contribution in [1.82, 2.24) is 15.0 Å². The maximum atomic E-state index is 6.30. The molecule has 0 bridgehead atoms. The predicted molar refractivity (Wildman–Crippen MR) is 133 cm³/mol. The van der Waals surface area contributed by atoms with Crippen LogP contribution in [0.3, 0.4) is 0 Å². The summed E-state index contributed by atoms with van der Waals surface area (Å²) in [5.41, 5.74) is 5.49. The third kappa shape index (κ3) is 5.86. The van der Waals surface area contributed by atoms with Crippen LogP contribution >= 0.6 is 39.1 Å². The van der Waals surface area contributed by atoms with E-state index in [1.807, 2.05) is 36.1 Å². The van der Waals surface area contributed by atoms with Gasteiger partial charge in [-0.1, -0.05) is 35.3 Å². The highest BCUT2D eigenvalue weighted by Gasteiger charge is 2.17. The van der Waals surface area contributed by atoms with Crippen molar-refractivity contribution in [2.45, 2.75) is 6.92 Å². The Morgan fingerprint density at radius 2 is 1.78 bits per heavy atom. The van der Waals surface area contributed by atoms with Gasteiger partial charge in [0.15, 0.2) is 0 Å². The SMILES string of the molecule is Cc1cc(Br)c(Nc2nc(N/N=C/c3ccc(Cl)cc3)nc(N3CCOCC3)n2)cc1Cl. The van der Waals surface area contributed by atoms with E-state index >= 15 is 0 Å². The minimum absolute atomic E-state index is 0.309. The molecule has 4 rings (SSSR count). The molecule has 8 nitrogen and oxygen atoms in total. The molecule has 11 heteroatoms. The molecule has 2 heterocycles. The Labute approximate surface area is 204 Å². The second-order valence-electron chi connectivity index (χ2n) is 7.01. The van der Waals surface area contributed by atoms with E-state index in [1.165, 1.54) is 0 Å². The fourth-order valence-electron chi connectivity index (χ4n) is 2.95. The molecule has 1 aromatic heterocycles. The molecule has 0 aliphatic carbocycles. The molecule has 2 aromatic carbocycles. The number of nitrogens with zero attached hydrogens (tertiary/aromatic N) is 5. The molecule has 0 saturated carbocycles. The summed E-state index contributed by atoms with van der Waals surface area (Å²) < 4.78 is 6.29. The van der Waals surface area contributed by atoms with Crippen molar-refractivity contribution >= 4 is 68.9 Å². The van der Waals surface area contributed by atoms with Crippen LogP contribution in [0.2, 0.25) is 10.0 Å². The third-order valence-electron chi connectivity index (χ3n) is 4.66. The Morgan fingerprint density at radius 3 is 2.53 bits per heavy atom. The van der Waals surface area contributed by atoms with Gasteiger partial charge in [-0.05, 0) is 58.2 Å². The number of aromatic nitrogens is 3. The maximum Gasteiger partial charge on any atom is 0.250 e. The minimum atomic E-state index is 0.309. The molecule has 1 saturated heterocycles. The molecular weight excluding hydrogens is 517 g/mol. The summed E-state index contributed by atoms with van der Waals surface area (Å²) in [7, 11) is 0. The highest BCUT2D eigenvalue weighted by atomic mass is 79.9. The zero-order chi connectivity index (χ0) is 22.5. The van der Waals surface area contributed by atoms with Gasteiger partial charge in [0.1, 0.15) is 0 Å². The van der Waals surface area contributed by atoms with Gasteiger partial charge in [0.25, 0.3) is 0 Å². The first-order chi connectivity index (χ1) is 15.5. The highest BCUT2D eigenvalue weighted by Crippen LogP contribution is 2.31. The van der Waals surface area contributed by atoms with Crippen LogP contribution in [0.25, 0.3) is 0 Å². The standard InChI is InChI=1S/C21H20BrCl2N7O/c1-13-10-16(22)18(11-17(13)24)26-19-27-20(29-21(28-19)31-6-8-32-9-7-31)30-25-12-14-2-4-15(23)5-3-14/h2-5,10-12H,6-9H2,1H3,(H2,26,27,28,29,30)/b25-12+. The van der Waals surface area contributed by atoms with Gasteiger partial charge in [0.05, 0.1) is 25.1 Å². The molecule has 1 fully saturated rings. The van der Waals surface area contributed by atoms with Gasteiger partial charge in [-0.2, -0.15) is 20.1 Å². The summed E-state index contributed by atoms with van der Waals surface area (Å²) in [5.74, 6) is 1.21. The van der Waals surface area contributed by atoms with Crippen LogP contribution in [0.15, 0.2) is 46.0 Å². The van der Waals surface area contributed by atoms with E-state index in [1.54, 1.807) is 18.3 Å². The third-order valence-corrected chi connectivity index (χ3v) is 5.98. The zero-order valence-electron chi connectivity index (χ0n) is 17.1. The van der Waals surface area contributed by atoms with Gasteiger partial charge < -0.3 is 15.0 Å². The second kappa shape index (κ2) is 10.4. The molecule has 0 unspecified atom stereocenters. The average molecular weight is 537 g/mol. The van der Waals surface area contributed by atoms with E-state index < -0.39 is 0 Å². The average Bonchev–Trinajstić information content (AvgIpc) is 2.79. The van der Waals surface area contributed by atoms with Crippen LogP contribution in [0, 0.1) is 6.92 Å². The lowest BCUT2D eigenvalue weighted by molar-refractivity contribution is 0.122. The maximum absolute atomic E-state index is 6.30. The highest BCUT2D eigenvalue weighted by molar-refractivity contribution is 9.10. The van der Waals surface area contributed by atoms with Gasteiger partial charge >= 0.3 is 0 Å². The first-order valence-electron chi connectivity index (χ1n) is 9.84. The molecule has 0 radical (unpaired) electrons. The fourth-order valence-corrected chi connectivity index (χ4v) is 3.80. The number of hydrogen-bond donors (Lipinski definition) is 2. The number of ether oxygens (including phenoxy) is 1. The van der Waals surface area contributed by atoms with E-state index in [9.17, 15) is 0 Å². The number of nitrogens with one attached hydrogen (secondary N) is 2. The van der Waals surface area contributed by atoms with E-state index in [4.69, 9.17) is 27.9 Å². The monoisotopic (exact) mass is 535 g/mol. The van der Waals surface area contributed by atoms with Gasteiger partial charge in [-0.25, -0.2) is 5.43 Å². The van der Waals surface area contributed by atoms with Crippen molar-refractivity contribution in [3.8, 4) is 0 Å². The smallest absolute Gasteiger partial charge is 0.250 e. The number of anilines is 4. The first-order valence-corrected chi connectivity index (χ1v) is 11.4. The second-order valence-corrected chi connectivity index (χ2v) is 8.71. The molecular formula is C21H20BrCl2N7O. The number of aryl methyl sites for hydroxylation is 1. The van der Waals surface area contributed by atoms with Crippen molar-refractivity contribution in [2.24, 2.45) is 5.10 Å². The van der Waals surface area contributed by atoms with E-state index in [-0.39, 0.29) is 0 Å². The van der Waals surface area contributed by atoms with Crippen LogP contribution in [0.4, 0.5) is 23.5 Å². The van der Waals surface area contributed by atoms with E-state index in [0.717, 1.165) is 21.3 Å². The lowest BCUT2D eigenvalue weighted by Crippen LogP contribution is -2.37. The molecule has 166 valence electrons. The number of halogens is 3. The van der Waals surface area contributed by atoms with Crippen molar-refractivity contribution in [2.75, 3.05) is 41.9 Å². The lowest BCUT2D eigenvalue weighted by Gasteiger charge is -2.27. The topological polar surface area (TPSA) is 87.6 Å². The van der Waals surface area contributed by atoms with Gasteiger partial charge in [-0.15, -0.1) is 0 Å². The molecule has 2 N–H and O–H groups in total. The van der Waals surface area contributed by atoms with Crippen LogP contribution in [0.5, 0.6) is 0 Å². The lowest BCUT2D eigenvalue weighted by atomic mass is 10.2. The predicted octanol–water partition coefficient (Wildman–Crippen LogP) is 5.28. The van der Waals surface area contributed by atoms with Crippen molar-refractivity contribution < 1.29 is 4.74 Å². The summed E-state index contributed by atoms with van der Waals surface area (Å²) in [6, 6.07) is 11.1. The Morgan fingerprint density at radius 1 is 1.06 bits per heavy atom. The molecule has 32 heavy (non-hydrogen) atoms. The fraction of sp³-hybridized carbons (Fsp3) is 0.238. The largest absolute Gasteiger partial charge is 0.378 e. The number of rotatable bonds is 6. The van der Waals surface area contributed by atoms with Crippen molar-refractivity contribution in [3.63, 3.8) is 0 Å². The molecule has 1 aliphatic heterocycles. The Kier molecular flexibility index (Phi) is 7.41. The summed E-state index contributed by atoms with van der Waals surface area (Å²) in [4.78, 5) is 15.6. The molecule has 0 spiro atoms. The van der Waals surface area contributed by atoms with Crippen LogP contribution < -0.4 is 15.6 Å². The molecule has 0 amide bonds. The van der Waals surface area contributed by atoms with E-state index in [2.05, 4.69) is 46.7 Å². The zero-order valence-corrected chi connectivity index (χ0v) is 20.2. The summed E-state index contributed by atoms with van der Waals surface area (Å²) in [6.45, 7) is 4.56. The Balaban J connectivity index is 1.60.